The van der Waals surface area contributed by atoms with E-state index in [1.165, 1.54) is 0 Å². The van der Waals surface area contributed by atoms with Crippen LogP contribution in [-0.2, 0) is 6.54 Å². The van der Waals surface area contributed by atoms with Crippen molar-refractivity contribution in [3.05, 3.63) is 75.3 Å². The third-order valence-corrected chi connectivity index (χ3v) is 5.10. The van der Waals surface area contributed by atoms with Gasteiger partial charge in [-0.3, -0.25) is 0 Å². The highest BCUT2D eigenvalue weighted by atomic mass is 35.5. The van der Waals surface area contributed by atoms with E-state index in [1.54, 1.807) is 17.4 Å². The van der Waals surface area contributed by atoms with E-state index >= 15 is 0 Å². The lowest BCUT2D eigenvalue weighted by Crippen LogP contribution is -2.14. The Morgan fingerprint density at radius 1 is 1.19 bits per heavy atom. The number of nitrogens with zero attached hydrogens (tertiary/aromatic N) is 2. The summed E-state index contributed by atoms with van der Waals surface area (Å²) >= 11 is 14.0. The maximum atomic E-state index is 6.39. The molecule has 2 aromatic carbocycles. The second kappa shape index (κ2) is 10.00. The van der Waals surface area contributed by atoms with E-state index in [9.17, 15) is 0 Å². The Bertz CT molecular complexity index is 978. The predicted octanol–water partition coefficient (Wildman–Crippen LogP) is 6.76. The van der Waals surface area contributed by atoms with Gasteiger partial charge in [0.05, 0.1) is 23.0 Å². The Morgan fingerprint density at radius 3 is 2.56 bits per heavy atom. The van der Waals surface area contributed by atoms with Crippen molar-refractivity contribution in [2.24, 2.45) is 4.99 Å². The molecule has 1 aromatic heterocycles. The lowest BCUT2D eigenvalue weighted by molar-refractivity contribution is 0.340. The van der Waals surface area contributed by atoms with Gasteiger partial charge in [0.25, 0.3) is 0 Å². The molecule has 142 valence electrons. The van der Waals surface area contributed by atoms with Crippen LogP contribution in [-0.4, -0.2) is 11.2 Å². The van der Waals surface area contributed by atoms with Crippen LogP contribution in [0.3, 0.4) is 0 Å². The van der Waals surface area contributed by atoms with Gasteiger partial charge in [-0.15, -0.1) is 30.3 Å². The zero-order chi connectivity index (χ0) is 18.5. The van der Waals surface area contributed by atoms with Crippen molar-refractivity contribution < 1.29 is 4.74 Å². The van der Waals surface area contributed by atoms with Gasteiger partial charge in [-0.2, -0.15) is 0 Å². The van der Waals surface area contributed by atoms with E-state index in [0.717, 1.165) is 27.5 Å². The minimum Gasteiger partial charge on any atom is -0.494 e. The lowest BCUT2D eigenvalue weighted by Gasteiger charge is -2.08. The molecule has 0 fully saturated rings. The molecule has 0 unspecified atom stereocenters. The van der Waals surface area contributed by atoms with Crippen molar-refractivity contribution in [2.45, 2.75) is 13.5 Å². The first-order chi connectivity index (χ1) is 12.6. The normalized spacial score (nSPS) is 11.1. The fourth-order valence-electron chi connectivity index (χ4n) is 2.53. The van der Waals surface area contributed by atoms with Gasteiger partial charge in [0.1, 0.15) is 5.75 Å². The topological polar surface area (TPSA) is 26.5 Å². The maximum Gasteiger partial charge on any atom is 0.190 e. The molecular formula is C20H19Cl3N2OS. The summed E-state index contributed by atoms with van der Waals surface area (Å²) < 4.78 is 7.56. The van der Waals surface area contributed by atoms with Crippen LogP contribution < -0.4 is 9.54 Å². The quantitative estimate of drug-likeness (QED) is 0.388. The van der Waals surface area contributed by atoms with E-state index in [4.69, 9.17) is 32.9 Å². The standard InChI is InChI=1S/C20H18Cl2N2OS.ClH/c1-3-11-24-19(17-10-5-14(21)12-18(17)22)13-26-20(24)23-15-6-8-16(9-7-15)25-4-2;/h3,5-10,12-13H,1,4,11H2,2H3;1H. The molecule has 0 saturated heterocycles. The van der Waals surface area contributed by atoms with Crippen LogP contribution in [0, 0.1) is 0 Å². The minimum atomic E-state index is 0. The molecule has 7 heteroatoms. The van der Waals surface area contributed by atoms with Crippen LogP contribution in [0.25, 0.3) is 11.3 Å². The number of halogens is 3. The SMILES string of the molecule is C=CCn1c(-c2ccc(Cl)cc2Cl)csc1=Nc1ccc(OCC)cc1.Cl. The number of benzene rings is 2. The predicted molar refractivity (Wildman–Crippen MR) is 118 cm³/mol. The van der Waals surface area contributed by atoms with Gasteiger partial charge in [0.15, 0.2) is 4.80 Å². The smallest absolute Gasteiger partial charge is 0.190 e. The number of hydrogen-bond donors (Lipinski definition) is 0. The van der Waals surface area contributed by atoms with E-state index in [2.05, 4.69) is 11.1 Å². The summed E-state index contributed by atoms with van der Waals surface area (Å²) in [6.07, 6.45) is 1.84. The van der Waals surface area contributed by atoms with Gasteiger partial charge < -0.3 is 9.30 Å². The largest absolute Gasteiger partial charge is 0.494 e. The van der Waals surface area contributed by atoms with E-state index < -0.39 is 0 Å². The molecule has 0 radical (unpaired) electrons. The Labute approximate surface area is 179 Å². The van der Waals surface area contributed by atoms with Crippen molar-refractivity contribution >= 4 is 52.6 Å². The molecule has 0 spiro atoms. The highest BCUT2D eigenvalue weighted by Gasteiger charge is 2.11. The minimum absolute atomic E-state index is 0. The second-order valence-electron chi connectivity index (χ2n) is 5.47. The summed E-state index contributed by atoms with van der Waals surface area (Å²) in [6.45, 7) is 7.10. The highest BCUT2D eigenvalue weighted by molar-refractivity contribution is 7.07. The number of hydrogen-bond acceptors (Lipinski definition) is 3. The van der Waals surface area contributed by atoms with Crippen molar-refractivity contribution in [2.75, 3.05) is 6.61 Å². The zero-order valence-corrected chi connectivity index (χ0v) is 17.8. The summed E-state index contributed by atoms with van der Waals surface area (Å²) in [4.78, 5) is 5.63. The van der Waals surface area contributed by atoms with Gasteiger partial charge in [-0.05, 0) is 49.4 Å². The molecule has 0 bridgehead atoms. The van der Waals surface area contributed by atoms with Crippen LogP contribution in [0.2, 0.25) is 10.0 Å². The number of allylic oxidation sites excluding steroid dienone is 1. The first-order valence-corrected chi connectivity index (χ1v) is 9.78. The average Bonchev–Trinajstić information content (AvgIpc) is 3.00. The fraction of sp³-hybridized carbons (Fsp3) is 0.150. The summed E-state index contributed by atoms with van der Waals surface area (Å²) in [6, 6.07) is 13.2. The average molecular weight is 442 g/mol. The first-order valence-electron chi connectivity index (χ1n) is 8.14. The Hall–Kier alpha value is -1.72. The summed E-state index contributed by atoms with van der Waals surface area (Å²) in [5, 5.41) is 3.27. The monoisotopic (exact) mass is 440 g/mol. The molecule has 0 aliphatic carbocycles. The number of ether oxygens (including phenoxy) is 1. The molecule has 1 heterocycles. The summed E-state index contributed by atoms with van der Waals surface area (Å²) in [5.41, 5.74) is 2.77. The number of rotatable bonds is 6. The Morgan fingerprint density at radius 2 is 1.93 bits per heavy atom. The van der Waals surface area contributed by atoms with Gasteiger partial charge in [0.2, 0.25) is 0 Å². The molecule has 0 atom stereocenters. The van der Waals surface area contributed by atoms with Gasteiger partial charge in [-0.25, -0.2) is 4.99 Å². The molecule has 0 aliphatic rings. The first kappa shape index (κ1) is 21.6. The molecule has 27 heavy (non-hydrogen) atoms. The molecule has 3 aromatic rings. The van der Waals surface area contributed by atoms with Crippen molar-refractivity contribution in [3.8, 4) is 17.0 Å². The molecule has 0 saturated carbocycles. The van der Waals surface area contributed by atoms with Crippen LogP contribution in [0.4, 0.5) is 5.69 Å². The summed E-state index contributed by atoms with van der Waals surface area (Å²) in [7, 11) is 0. The zero-order valence-electron chi connectivity index (χ0n) is 14.7. The van der Waals surface area contributed by atoms with Crippen LogP contribution in [0.15, 0.2) is 65.5 Å². The van der Waals surface area contributed by atoms with E-state index in [1.807, 2.05) is 54.8 Å². The molecule has 3 rings (SSSR count). The van der Waals surface area contributed by atoms with Crippen molar-refractivity contribution in [1.29, 1.82) is 0 Å². The molecule has 0 amide bonds. The maximum absolute atomic E-state index is 6.39. The van der Waals surface area contributed by atoms with E-state index in [0.29, 0.717) is 23.2 Å². The van der Waals surface area contributed by atoms with Gasteiger partial charge in [-0.1, -0.05) is 29.3 Å². The van der Waals surface area contributed by atoms with Gasteiger partial charge >= 0.3 is 0 Å². The third kappa shape index (κ3) is 5.17. The molecule has 3 nitrogen and oxygen atoms in total. The molecule has 0 aliphatic heterocycles. The second-order valence-corrected chi connectivity index (χ2v) is 7.15. The summed E-state index contributed by atoms with van der Waals surface area (Å²) in [5.74, 6) is 0.838. The number of aromatic nitrogens is 1. The lowest BCUT2D eigenvalue weighted by atomic mass is 10.1. The van der Waals surface area contributed by atoms with Gasteiger partial charge in [0, 0.05) is 22.5 Å². The number of thiazole rings is 1. The molecule has 0 N–H and O–H groups in total. The van der Waals surface area contributed by atoms with Crippen molar-refractivity contribution in [3.63, 3.8) is 0 Å². The van der Waals surface area contributed by atoms with Crippen molar-refractivity contribution in [1.82, 2.24) is 4.57 Å². The fourth-order valence-corrected chi connectivity index (χ4v) is 3.97. The van der Waals surface area contributed by atoms with Crippen LogP contribution >= 0.6 is 46.9 Å². The molecular weight excluding hydrogens is 423 g/mol. The highest BCUT2D eigenvalue weighted by Crippen LogP contribution is 2.31. The Balaban J connectivity index is 0.00000261. The Kier molecular flexibility index (Phi) is 7.99. The third-order valence-electron chi connectivity index (χ3n) is 3.69. The van der Waals surface area contributed by atoms with Crippen LogP contribution in [0.1, 0.15) is 6.92 Å². The van der Waals surface area contributed by atoms with Crippen LogP contribution in [0.5, 0.6) is 5.75 Å². The van der Waals surface area contributed by atoms with E-state index in [-0.39, 0.29) is 12.4 Å².